The molecule has 0 unspecified atom stereocenters. The van der Waals surface area contributed by atoms with E-state index in [1.54, 1.807) is 0 Å². The maximum Gasteiger partial charge on any atom is 0.358 e. The van der Waals surface area contributed by atoms with Gasteiger partial charge in [-0.25, -0.2) is 18.2 Å². The monoisotopic (exact) mass is 495 g/mol. The number of carboxylic acid groups (broad SMARTS) is 1. The number of hydrogen-bond acceptors (Lipinski definition) is 7. The molecule has 2 heterocycles. The van der Waals surface area contributed by atoms with E-state index in [1.807, 2.05) is 0 Å². The highest BCUT2D eigenvalue weighted by atomic mass is 35.5. The summed E-state index contributed by atoms with van der Waals surface area (Å²) >= 11 is 18.6. The van der Waals surface area contributed by atoms with Crippen molar-refractivity contribution in [2.75, 3.05) is 4.72 Å². The lowest BCUT2D eigenvalue weighted by Gasteiger charge is -2.11. The Labute approximate surface area is 181 Å². The minimum atomic E-state index is -4.23. The van der Waals surface area contributed by atoms with Gasteiger partial charge in [-0.15, -0.1) is 11.3 Å². The van der Waals surface area contributed by atoms with E-state index in [1.165, 1.54) is 17.5 Å². The lowest BCUT2D eigenvalue weighted by Crippen LogP contribution is -2.16. The first-order chi connectivity index (χ1) is 13.5. The molecule has 0 aliphatic rings. The van der Waals surface area contributed by atoms with E-state index in [-0.39, 0.29) is 36.4 Å². The number of anilines is 1. The van der Waals surface area contributed by atoms with Crippen molar-refractivity contribution in [2.24, 2.45) is 0 Å². The van der Waals surface area contributed by atoms with Gasteiger partial charge in [0.2, 0.25) is 5.75 Å². The molecule has 0 saturated carbocycles. The van der Waals surface area contributed by atoms with Crippen molar-refractivity contribution in [3.63, 3.8) is 0 Å². The maximum atomic E-state index is 12.7. The zero-order chi connectivity index (χ0) is 21.5. The first kappa shape index (κ1) is 21.4. The molecule has 14 heteroatoms. The van der Waals surface area contributed by atoms with Gasteiger partial charge in [0.25, 0.3) is 15.6 Å². The van der Waals surface area contributed by atoms with Crippen LogP contribution in [0, 0.1) is 0 Å². The summed E-state index contributed by atoms with van der Waals surface area (Å²) in [5.74, 6) is -2.95. The van der Waals surface area contributed by atoms with Gasteiger partial charge < -0.3 is 15.2 Å². The Morgan fingerprint density at radius 3 is 2.48 bits per heavy atom. The SMILES string of the molecule is O=C(O)c1nc(-c2sccc2NS(=O)(=O)c2cc(Cl)c(Cl)cc2Cl)[nH]c(=O)c1O. The predicted molar refractivity (Wildman–Crippen MR) is 109 cm³/mol. The molecule has 0 fully saturated rings. The molecule has 0 atom stereocenters. The molecular weight excluding hydrogens is 489 g/mol. The Kier molecular flexibility index (Phi) is 5.79. The summed E-state index contributed by atoms with van der Waals surface area (Å²) in [7, 11) is -4.23. The fourth-order valence-electron chi connectivity index (χ4n) is 2.21. The molecule has 0 aliphatic heterocycles. The molecule has 29 heavy (non-hydrogen) atoms. The van der Waals surface area contributed by atoms with Crippen LogP contribution in [0.3, 0.4) is 0 Å². The largest absolute Gasteiger partial charge is 0.501 e. The average molecular weight is 497 g/mol. The minimum Gasteiger partial charge on any atom is -0.501 e. The van der Waals surface area contributed by atoms with Gasteiger partial charge in [0.1, 0.15) is 4.90 Å². The van der Waals surface area contributed by atoms with Crippen LogP contribution in [0.5, 0.6) is 5.75 Å². The quantitative estimate of drug-likeness (QED) is 0.394. The number of halogens is 3. The predicted octanol–water partition coefficient (Wildman–Crippen LogP) is 3.66. The molecule has 0 saturated heterocycles. The van der Waals surface area contributed by atoms with Crippen LogP contribution in [-0.2, 0) is 10.0 Å². The number of rotatable bonds is 5. The first-order valence-electron chi connectivity index (χ1n) is 7.33. The van der Waals surface area contributed by atoms with E-state index < -0.39 is 33.0 Å². The zero-order valence-corrected chi connectivity index (χ0v) is 17.6. The summed E-state index contributed by atoms with van der Waals surface area (Å²) in [6.45, 7) is 0. The number of thiophene rings is 1. The van der Waals surface area contributed by atoms with Crippen LogP contribution in [0.25, 0.3) is 10.7 Å². The van der Waals surface area contributed by atoms with Gasteiger partial charge in [0.15, 0.2) is 11.5 Å². The molecule has 1 aromatic carbocycles. The van der Waals surface area contributed by atoms with Crippen LogP contribution in [0.4, 0.5) is 5.69 Å². The number of benzene rings is 1. The van der Waals surface area contributed by atoms with Gasteiger partial charge in [-0.1, -0.05) is 34.8 Å². The second-order valence-electron chi connectivity index (χ2n) is 5.38. The van der Waals surface area contributed by atoms with Crippen molar-refractivity contribution in [3.8, 4) is 16.5 Å². The van der Waals surface area contributed by atoms with Crippen molar-refractivity contribution in [1.29, 1.82) is 0 Å². The summed E-state index contributed by atoms with van der Waals surface area (Å²) in [5, 5.41) is 20.0. The molecule has 2 aromatic heterocycles. The third-order valence-corrected chi connectivity index (χ3v) is 6.96. The number of sulfonamides is 1. The fourth-order valence-corrected chi connectivity index (χ4v) is 5.14. The van der Waals surface area contributed by atoms with Crippen molar-refractivity contribution in [2.45, 2.75) is 4.90 Å². The standard InChI is InChI=1S/C15H8Cl3N3O6S2/c16-5-3-7(18)9(4-6(5)17)29(26,27)21-8-1-2-28-12(8)13-19-10(15(24)25)11(22)14(23)20-13/h1-4,21-22H,(H,24,25)(H,19,20,23). The van der Waals surface area contributed by atoms with Crippen LogP contribution < -0.4 is 10.3 Å². The number of carboxylic acids is 1. The minimum absolute atomic E-state index is 0.0117. The summed E-state index contributed by atoms with van der Waals surface area (Å²) < 4.78 is 27.8. The van der Waals surface area contributed by atoms with Crippen LogP contribution >= 0.6 is 46.1 Å². The third kappa shape index (κ3) is 4.19. The number of aromatic amines is 1. The smallest absolute Gasteiger partial charge is 0.358 e. The number of H-pyrrole nitrogens is 1. The number of aromatic carboxylic acids is 1. The van der Waals surface area contributed by atoms with Gasteiger partial charge in [0, 0.05) is 0 Å². The van der Waals surface area contributed by atoms with E-state index in [2.05, 4.69) is 14.7 Å². The Morgan fingerprint density at radius 1 is 1.17 bits per heavy atom. The maximum absolute atomic E-state index is 12.7. The van der Waals surface area contributed by atoms with E-state index in [0.717, 1.165) is 17.4 Å². The summed E-state index contributed by atoms with van der Waals surface area (Å²) in [4.78, 5) is 28.6. The van der Waals surface area contributed by atoms with Crippen LogP contribution in [-0.4, -0.2) is 34.6 Å². The van der Waals surface area contributed by atoms with Crippen molar-refractivity contribution < 1.29 is 23.4 Å². The molecule has 9 nitrogen and oxygen atoms in total. The van der Waals surface area contributed by atoms with Gasteiger partial charge in [0.05, 0.1) is 25.6 Å². The van der Waals surface area contributed by atoms with Gasteiger partial charge in [-0.3, -0.25) is 9.52 Å². The third-order valence-electron chi connectivity index (χ3n) is 3.49. The Balaban J connectivity index is 2.08. The van der Waals surface area contributed by atoms with Crippen LogP contribution in [0.2, 0.25) is 15.1 Å². The second-order valence-corrected chi connectivity index (χ2v) is 9.17. The van der Waals surface area contributed by atoms with E-state index in [9.17, 15) is 23.1 Å². The summed E-state index contributed by atoms with van der Waals surface area (Å²) in [6, 6.07) is 3.62. The molecule has 3 aromatic rings. The summed E-state index contributed by atoms with van der Waals surface area (Å²) in [6.07, 6.45) is 0. The van der Waals surface area contributed by atoms with Crippen molar-refractivity contribution in [1.82, 2.24) is 9.97 Å². The first-order valence-corrected chi connectivity index (χ1v) is 10.8. The van der Waals surface area contributed by atoms with Crippen LogP contribution in [0.15, 0.2) is 33.3 Å². The Bertz CT molecular complexity index is 1300. The molecule has 4 N–H and O–H groups in total. The lowest BCUT2D eigenvalue weighted by atomic mass is 10.3. The number of nitrogens with zero attached hydrogens (tertiary/aromatic N) is 1. The fraction of sp³-hybridized carbons (Fsp3) is 0. The zero-order valence-electron chi connectivity index (χ0n) is 13.7. The highest BCUT2D eigenvalue weighted by Gasteiger charge is 2.24. The molecule has 0 radical (unpaired) electrons. The second kappa shape index (κ2) is 7.84. The van der Waals surface area contributed by atoms with E-state index in [0.29, 0.717) is 0 Å². The van der Waals surface area contributed by atoms with E-state index in [4.69, 9.17) is 39.9 Å². The Hall–Kier alpha value is -2.31. The highest BCUT2D eigenvalue weighted by Crippen LogP contribution is 2.36. The van der Waals surface area contributed by atoms with Crippen LogP contribution in [0.1, 0.15) is 10.5 Å². The topological polar surface area (TPSA) is 149 Å². The Morgan fingerprint density at radius 2 is 1.83 bits per heavy atom. The van der Waals surface area contributed by atoms with Gasteiger partial charge in [-0.05, 0) is 23.6 Å². The molecule has 0 aliphatic carbocycles. The van der Waals surface area contributed by atoms with Gasteiger partial charge in [-0.2, -0.15) is 0 Å². The van der Waals surface area contributed by atoms with E-state index >= 15 is 0 Å². The number of nitrogens with one attached hydrogen (secondary N) is 2. The van der Waals surface area contributed by atoms with Crippen molar-refractivity contribution in [3.05, 3.63) is 54.7 Å². The normalized spacial score (nSPS) is 11.4. The number of aromatic nitrogens is 2. The number of hydrogen-bond donors (Lipinski definition) is 4. The number of carbonyl (C=O) groups is 1. The van der Waals surface area contributed by atoms with Gasteiger partial charge >= 0.3 is 5.97 Å². The van der Waals surface area contributed by atoms with Crippen molar-refractivity contribution >= 4 is 67.8 Å². The molecular formula is C15H8Cl3N3O6S2. The molecule has 0 amide bonds. The average Bonchev–Trinajstić information content (AvgIpc) is 3.07. The number of aromatic hydroxyl groups is 1. The summed E-state index contributed by atoms with van der Waals surface area (Å²) in [5.41, 5.74) is -1.98. The molecule has 0 bridgehead atoms. The molecule has 0 spiro atoms. The highest BCUT2D eigenvalue weighted by molar-refractivity contribution is 7.92. The molecule has 3 rings (SSSR count). The lowest BCUT2D eigenvalue weighted by molar-refractivity contribution is 0.0686. The molecule has 152 valence electrons.